The predicted molar refractivity (Wildman–Crippen MR) is 109 cm³/mol. The summed E-state index contributed by atoms with van der Waals surface area (Å²) in [5.74, 6) is 1.01. The van der Waals surface area contributed by atoms with Crippen LogP contribution in [-0.4, -0.2) is 38.3 Å². The number of nitrogens with zero attached hydrogens (tertiary/aromatic N) is 1. The number of carbonyl (C=O) groups is 1. The Morgan fingerprint density at radius 2 is 1.63 bits per heavy atom. The minimum atomic E-state index is -0.575. The van der Waals surface area contributed by atoms with Gasteiger partial charge >= 0.3 is 0 Å². The first kappa shape index (κ1) is 19.2. The van der Waals surface area contributed by atoms with Crippen molar-refractivity contribution >= 4 is 17.3 Å². The summed E-state index contributed by atoms with van der Waals surface area (Å²) < 4.78 is 11.1. The lowest BCUT2D eigenvalue weighted by Crippen LogP contribution is -2.36. The first-order chi connectivity index (χ1) is 13.0. The summed E-state index contributed by atoms with van der Waals surface area (Å²) in [6.07, 6.45) is -0.575. The van der Waals surface area contributed by atoms with Crippen LogP contribution in [-0.2, 0) is 9.53 Å². The fraction of sp³-hybridized carbons (Fsp3) is 0.409. The van der Waals surface area contributed by atoms with Gasteiger partial charge in [0.15, 0.2) is 6.10 Å². The number of anilines is 2. The molecule has 2 aromatic rings. The number of rotatable bonds is 6. The highest BCUT2D eigenvalue weighted by Gasteiger charge is 2.16. The molecule has 1 heterocycles. The molecule has 0 radical (unpaired) electrons. The summed E-state index contributed by atoms with van der Waals surface area (Å²) >= 11 is 0. The summed E-state index contributed by atoms with van der Waals surface area (Å²) in [4.78, 5) is 14.7. The average molecular weight is 368 g/mol. The largest absolute Gasteiger partial charge is 0.481 e. The van der Waals surface area contributed by atoms with E-state index >= 15 is 0 Å². The van der Waals surface area contributed by atoms with Crippen LogP contribution in [0.2, 0.25) is 0 Å². The quantitative estimate of drug-likeness (QED) is 0.836. The van der Waals surface area contributed by atoms with Crippen molar-refractivity contribution in [3.05, 3.63) is 54.1 Å². The fourth-order valence-corrected chi connectivity index (χ4v) is 3.01. The summed E-state index contributed by atoms with van der Waals surface area (Å²) in [5.41, 5.74) is 3.16. The van der Waals surface area contributed by atoms with Crippen molar-refractivity contribution in [2.75, 3.05) is 36.5 Å². The second-order valence-electron chi connectivity index (χ2n) is 7.12. The monoisotopic (exact) mass is 368 g/mol. The Bertz CT molecular complexity index is 735. The van der Waals surface area contributed by atoms with E-state index < -0.39 is 6.10 Å². The summed E-state index contributed by atoms with van der Waals surface area (Å²) in [5, 5.41) is 2.91. The summed E-state index contributed by atoms with van der Waals surface area (Å²) in [6.45, 7) is 9.36. The van der Waals surface area contributed by atoms with Gasteiger partial charge in [-0.15, -0.1) is 0 Å². The zero-order valence-corrected chi connectivity index (χ0v) is 16.3. The number of morpholine rings is 1. The van der Waals surface area contributed by atoms with Crippen LogP contribution in [0, 0.1) is 0 Å². The average Bonchev–Trinajstić information content (AvgIpc) is 2.69. The third kappa shape index (κ3) is 5.23. The van der Waals surface area contributed by atoms with Crippen LogP contribution in [0.25, 0.3) is 0 Å². The molecule has 0 saturated carbocycles. The molecule has 1 N–H and O–H groups in total. The maximum absolute atomic E-state index is 12.4. The van der Waals surface area contributed by atoms with E-state index in [1.165, 1.54) is 5.56 Å². The maximum Gasteiger partial charge on any atom is 0.265 e. The Hall–Kier alpha value is -2.53. The van der Waals surface area contributed by atoms with Gasteiger partial charge in [0.25, 0.3) is 5.91 Å². The summed E-state index contributed by atoms with van der Waals surface area (Å²) in [7, 11) is 0. The maximum atomic E-state index is 12.4. The molecule has 2 aromatic carbocycles. The summed E-state index contributed by atoms with van der Waals surface area (Å²) in [6, 6.07) is 15.8. The number of ether oxygens (including phenoxy) is 2. The van der Waals surface area contributed by atoms with Crippen LogP contribution < -0.4 is 15.0 Å². The minimum absolute atomic E-state index is 0.165. The molecular formula is C22H28N2O3. The van der Waals surface area contributed by atoms with Crippen LogP contribution in [0.15, 0.2) is 48.5 Å². The van der Waals surface area contributed by atoms with E-state index in [-0.39, 0.29) is 5.91 Å². The highest BCUT2D eigenvalue weighted by molar-refractivity contribution is 5.94. The van der Waals surface area contributed by atoms with Crippen molar-refractivity contribution in [1.29, 1.82) is 0 Å². The zero-order chi connectivity index (χ0) is 19.2. The topological polar surface area (TPSA) is 50.8 Å². The van der Waals surface area contributed by atoms with Crippen molar-refractivity contribution in [3.63, 3.8) is 0 Å². The number of benzene rings is 2. The number of nitrogens with one attached hydrogen (secondary N) is 1. The molecule has 1 saturated heterocycles. The highest BCUT2D eigenvalue weighted by Crippen LogP contribution is 2.21. The number of hydrogen-bond donors (Lipinski definition) is 1. The van der Waals surface area contributed by atoms with E-state index in [1.807, 2.05) is 48.5 Å². The van der Waals surface area contributed by atoms with Crippen LogP contribution in [0.1, 0.15) is 32.3 Å². The molecular weight excluding hydrogens is 340 g/mol. The van der Waals surface area contributed by atoms with Gasteiger partial charge in [-0.25, -0.2) is 0 Å². The molecule has 0 bridgehead atoms. The van der Waals surface area contributed by atoms with Gasteiger partial charge in [-0.3, -0.25) is 4.79 Å². The molecule has 1 aliphatic rings. The van der Waals surface area contributed by atoms with E-state index in [0.29, 0.717) is 11.7 Å². The van der Waals surface area contributed by atoms with E-state index in [0.717, 1.165) is 37.7 Å². The minimum Gasteiger partial charge on any atom is -0.481 e. The van der Waals surface area contributed by atoms with Gasteiger partial charge in [-0.2, -0.15) is 0 Å². The Kier molecular flexibility index (Phi) is 6.35. The smallest absolute Gasteiger partial charge is 0.265 e. The highest BCUT2D eigenvalue weighted by atomic mass is 16.5. The third-order valence-electron chi connectivity index (χ3n) is 4.74. The van der Waals surface area contributed by atoms with Crippen molar-refractivity contribution in [1.82, 2.24) is 0 Å². The molecule has 5 heteroatoms. The fourth-order valence-electron chi connectivity index (χ4n) is 3.01. The van der Waals surface area contributed by atoms with E-state index in [1.54, 1.807) is 6.92 Å². The Balaban J connectivity index is 1.54. The molecule has 144 valence electrons. The van der Waals surface area contributed by atoms with E-state index in [9.17, 15) is 4.79 Å². The standard InChI is InChI=1S/C22H28N2O3/c1-16(2)18-4-10-21(11-5-18)27-17(3)22(25)23-19-6-8-20(9-7-19)24-12-14-26-15-13-24/h4-11,16-17H,12-15H2,1-3H3,(H,23,25). The Labute approximate surface area is 161 Å². The molecule has 0 aliphatic carbocycles. The van der Waals surface area contributed by atoms with Crippen molar-refractivity contribution in [2.45, 2.75) is 32.8 Å². The van der Waals surface area contributed by atoms with Crippen LogP contribution in [0.4, 0.5) is 11.4 Å². The van der Waals surface area contributed by atoms with Crippen molar-refractivity contribution in [3.8, 4) is 5.75 Å². The molecule has 3 rings (SSSR count). The second-order valence-corrected chi connectivity index (χ2v) is 7.12. The molecule has 0 aromatic heterocycles. The van der Waals surface area contributed by atoms with E-state index in [2.05, 4.69) is 24.1 Å². The lowest BCUT2D eigenvalue weighted by atomic mass is 10.0. The van der Waals surface area contributed by atoms with Gasteiger partial charge in [0, 0.05) is 24.5 Å². The molecule has 27 heavy (non-hydrogen) atoms. The SMILES string of the molecule is CC(Oc1ccc(C(C)C)cc1)C(=O)Nc1ccc(N2CCOCC2)cc1. The van der Waals surface area contributed by atoms with Gasteiger partial charge in [0.1, 0.15) is 5.75 Å². The van der Waals surface area contributed by atoms with E-state index in [4.69, 9.17) is 9.47 Å². The van der Waals surface area contributed by atoms with Crippen molar-refractivity contribution in [2.24, 2.45) is 0 Å². The van der Waals surface area contributed by atoms with Gasteiger partial charge in [0.2, 0.25) is 0 Å². The first-order valence-electron chi connectivity index (χ1n) is 9.53. The van der Waals surface area contributed by atoms with Crippen LogP contribution in [0.5, 0.6) is 5.75 Å². The zero-order valence-electron chi connectivity index (χ0n) is 16.3. The molecule has 1 amide bonds. The second kappa shape index (κ2) is 8.91. The van der Waals surface area contributed by atoms with Gasteiger partial charge in [0.05, 0.1) is 13.2 Å². The molecule has 1 unspecified atom stereocenters. The lowest BCUT2D eigenvalue weighted by Gasteiger charge is -2.29. The molecule has 1 aliphatic heterocycles. The first-order valence-corrected chi connectivity index (χ1v) is 9.53. The number of amides is 1. The molecule has 1 atom stereocenters. The van der Waals surface area contributed by atoms with Crippen LogP contribution in [0.3, 0.4) is 0 Å². The molecule has 5 nitrogen and oxygen atoms in total. The Morgan fingerprint density at radius 3 is 2.22 bits per heavy atom. The third-order valence-corrected chi connectivity index (χ3v) is 4.74. The predicted octanol–water partition coefficient (Wildman–Crippen LogP) is 4.05. The number of carbonyl (C=O) groups excluding carboxylic acids is 1. The normalized spacial score (nSPS) is 15.5. The number of hydrogen-bond acceptors (Lipinski definition) is 4. The molecule has 1 fully saturated rings. The van der Waals surface area contributed by atoms with Gasteiger partial charge in [-0.05, 0) is 54.8 Å². The van der Waals surface area contributed by atoms with Crippen LogP contribution >= 0.6 is 0 Å². The van der Waals surface area contributed by atoms with Gasteiger partial charge < -0.3 is 19.7 Å². The lowest BCUT2D eigenvalue weighted by molar-refractivity contribution is -0.122. The molecule has 0 spiro atoms. The Morgan fingerprint density at radius 1 is 1.00 bits per heavy atom. The van der Waals surface area contributed by atoms with Crippen molar-refractivity contribution < 1.29 is 14.3 Å². The van der Waals surface area contributed by atoms with Gasteiger partial charge in [-0.1, -0.05) is 26.0 Å².